The van der Waals surface area contributed by atoms with Gasteiger partial charge in [0.05, 0.1) is 0 Å². The minimum atomic E-state index is 0.772. The topological polar surface area (TPSA) is 30.7 Å². The largest absolute Gasteiger partial charge is 0.349 e. The highest BCUT2D eigenvalue weighted by Crippen LogP contribution is 2.26. The lowest BCUT2D eigenvalue weighted by molar-refractivity contribution is 0.966. The molecule has 3 nitrogen and oxygen atoms in total. The van der Waals surface area contributed by atoms with E-state index >= 15 is 0 Å². The van der Waals surface area contributed by atoms with Crippen molar-refractivity contribution in [3.05, 3.63) is 46.4 Å². The molecule has 3 rings (SSSR count). The molecule has 1 aromatic carbocycles. The first kappa shape index (κ1) is 10.7. The molecule has 84 valence electrons. The number of benzene rings is 1. The maximum absolute atomic E-state index is 4.27. The summed E-state index contributed by atoms with van der Waals surface area (Å²) in [6.45, 7) is 0. The van der Waals surface area contributed by atoms with E-state index in [1.807, 2.05) is 6.07 Å². The van der Waals surface area contributed by atoms with E-state index in [9.17, 15) is 0 Å². The molecule has 17 heavy (non-hydrogen) atoms. The minimum Gasteiger partial charge on any atom is -0.349 e. The third kappa shape index (κ3) is 1.82. The van der Waals surface area contributed by atoms with E-state index in [0.717, 1.165) is 11.4 Å². The van der Waals surface area contributed by atoms with Gasteiger partial charge < -0.3 is 4.57 Å². The summed E-state index contributed by atoms with van der Waals surface area (Å²) in [7, 11) is 2.06. The van der Waals surface area contributed by atoms with Gasteiger partial charge in [0.25, 0.3) is 0 Å². The van der Waals surface area contributed by atoms with Gasteiger partial charge in [0.1, 0.15) is 0 Å². The molecule has 0 radical (unpaired) electrons. The molecular weight excluding hydrogens is 325 g/mol. The zero-order chi connectivity index (χ0) is 11.8. The second-order valence-corrected chi connectivity index (χ2v) is 5.05. The van der Waals surface area contributed by atoms with Gasteiger partial charge in [-0.05, 0) is 46.9 Å². The fraction of sp³-hybridized carbons (Fsp3) is 0.0769. The van der Waals surface area contributed by atoms with Crippen LogP contribution in [-0.4, -0.2) is 14.5 Å². The molecular formula is C13H10IN3. The lowest BCUT2D eigenvalue weighted by atomic mass is 10.1. The first-order valence-corrected chi connectivity index (χ1v) is 6.35. The summed E-state index contributed by atoms with van der Waals surface area (Å²) in [5.74, 6) is 0.772. The van der Waals surface area contributed by atoms with Gasteiger partial charge in [0, 0.05) is 45.7 Å². The van der Waals surface area contributed by atoms with E-state index in [4.69, 9.17) is 0 Å². The molecule has 0 amide bonds. The summed E-state index contributed by atoms with van der Waals surface area (Å²) < 4.78 is 3.38. The van der Waals surface area contributed by atoms with Crippen molar-refractivity contribution in [3.63, 3.8) is 0 Å². The second kappa shape index (κ2) is 4.10. The summed E-state index contributed by atoms with van der Waals surface area (Å²) in [4.78, 5) is 8.54. The first-order chi connectivity index (χ1) is 8.25. The monoisotopic (exact) mass is 335 g/mol. The van der Waals surface area contributed by atoms with E-state index in [0.29, 0.717) is 0 Å². The third-order valence-corrected chi connectivity index (χ3v) is 3.62. The lowest BCUT2D eigenvalue weighted by Crippen LogP contribution is -1.87. The molecule has 0 atom stereocenters. The minimum absolute atomic E-state index is 0.772. The lowest BCUT2D eigenvalue weighted by Gasteiger charge is -2.01. The Labute approximate surface area is 113 Å². The van der Waals surface area contributed by atoms with Crippen LogP contribution in [0, 0.1) is 3.57 Å². The Morgan fingerprint density at radius 3 is 2.71 bits per heavy atom. The van der Waals surface area contributed by atoms with E-state index in [1.54, 1.807) is 12.4 Å². The van der Waals surface area contributed by atoms with Crippen molar-refractivity contribution in [1.82, 2.24) is 14.5 Å². The Morgan fingerprint density at radius 1 is 1.18 bits per heavy atom. The molecule has 0 bridgehead atoms. The van der Waals surface area contributed by atoms with Crippen molar-refractivity contribution < 1.29 is 0 Å². The summed E-state index contributed by atoms with van der Waals surface area (Å²) in [5.41, 5.74) is 2.29. The Bertz CT molecular complexity index is 674. The van der Waals surface area contributed by atoms with Gasteiger partial charge in [-0.1, -0.05) is 0 Å². The molecule has 0 aliphatic rings. The number of hydrogen-bond acceptors (Lipinski definition) is 2. The maximum atomic E-state index is 4.27. The smallest absolute Gasteiger partial charge is 0.159 e. The molecule has 0 spiro atoms. The van der Waals surface area contributed by atoms with Crippen molar-refractivity contribution in [2.45, 2.75) is 0 Å². The standard InChI is InChI=1S/C13H10IN3/c1-17-8-11(14)10-7-9(3-4-12(10)17)13-15-5-2-6-16-13/h2-8H,1H3. The Morgan fingerprint density at radius 2 is 1.94 bits per heavy atom. The van der Waals surface area contributed by atoms with Gasteiger partial charge >= 0.3 is 0 Å². The third-order valence-electron chi connectivity index (χ3n) is 2.76. The molecule has 0 saturated heterocycles. The molecule has 4 heteroatoms. The van der Waals surface area contributed by atoms with E-state index in [2.05, 4.69) is 68.6 Å². The SMILES string of the molecule is Cn1cc(I)c2cc(-c3ncccn3)ccc21. The molecule has 0 N–H and O–H groups in total. The summed E-state index contributed by atoms with van der Waals surface area (Å²) in [5, 5.41) is 1.25. The molecule has 0 unspecified atom stereocenters. The van der Waals surface area contributed by atoms with Crippen molar-refractivity contribution in [1.29, 1.82) is 0 Å². The van der Waals surface area contributed by atoms with Gasteiger partial charge in [-0.3, -0.25) is 0 Å². The molecule has 2 heterocycles. The Balaban J connectivity index is 2.24. The van der Waals surface area contributed by atoms with Crippen molar-refractivity contribution >= 4 is 33.5 Å². The molecule has 0 fully saturated rings. The van der Waals surface area contributed by atoms with Crippen LogP contribution < -0.4 is 0 Å². The van der Waals surface area contributed by atoms with Crippen LogP contribution in [0.4, 0.5) is 0 Å². The number of halogens is 1. The normalized spacial score (nSPS) is 10.9. The second-order valence-electron chi connectivity index (χ2n) is 3.89. The Hall–Kier alpha value is -1.43. The maximum Gasteiger partial charge on any atom is 0.159 e. The van der Waals surface area contributed by atoms with E-state index in [1.165, 1.54) is 14.5 Å². The van der Waals surface area contributed by atoms with E-state index in [-0.39, 0.29) is 0 Å². The number of hydrogen-bond donors (Lipinski definition) is 0. The van der Waals surface area contributed by atoms with Crippen LogP contribution in [-0.2, 0) is 7.05 Å². The summed E-state index contributed by atoms with van der Waals surface area (Å²) in [6.07, 6.45) is 5.66. The molecule has 3 aromatic rings. The molecule has 0 saturated carbocycles. The van der Waals surface area contributed by atoms with Crippen LogP contribution in [0.3, 0.4) is 0 Å². The van der Waals surface area contributed by atoms with Gasteiger partial charge in [0.2, 0.25) is 0 Å². The van der Waals surface area contributed by atoms with Gasteiger partial charge in [-0.2, -0.15) is 0 Å². The Kier molecular flexibility index (Phi) is 2.58. The summed E-state index contributed by atoms with van der Waals surface area (Å²) >= 11 is 2.35. The zero-order valence-electron chi connectivity index (χ0n) is 9.26. The van der Waals surface area contributed by atoms with Crippen LogP contribution in [0.1, 0.15) is 0 Å². The number of aromatic nitrogens is 3. The van der Waals surface area contributed by atoms with Gasteiger partial charge in [-0.15, -0.1) is 0 Å². The highest BCUT2D eigenvalue weighted by atomic mass is 127. The number of fused-ring (bicyclic) bond motifs is 1. The predicted molar refractivity (Wildman–Crippen MR) is 76.7 cm³/mol. The highest BCUT2D eigenvalue weighted by molar-refractivity contribution is 14.1. The number of nitrogens with zero attached hydrogens (tertiary/aromatic N) is 3. The van der Waals surface area contributed by atoms with Crippen molar-refractivity contribution in [2.24, 2.45) is 7.05 Å². The van der Waals surface area contributed by atoms with Crippen molar-refractivity contribution in [3.8, 4) is 11.4 Å². The highest BCUT2D eigenvalue weighted by Gasteiger charge is 2.07. The zero-order valence-corrected chi connectivity index (χ0v) is 11.4. The van der Waals surface area contributed by atoms with E-state index < -0.39 is 0 Å². The van der Waals surface area contributed by atoms with Gasteiger partial charge in [-0.25, -0.2) is 9.97 Å². The van der Waals surface area contributed by atoms with Crippen LogP contribution in [0.5, 0.6) is 0 Å². The molecule has 0 aliphatic carbocycles. The average Bonchev–Trinajstić information content (AvgIpc) is 2.66. The summed E-state index contributed by atoms with van der Waals surface area (Å²) in [6, 6.07) is 8.15. The van der Waals surface area contributed by atoms with Crippen LogP contribution in [0.15, 0.2) is 42.9 Å². The predicted octanol–water partition coefficient (Wildman–Crippen LogP) is 3.24. The van der Waals surface area contributed by atoms with Gasteiger partial charge in [0.15, 0.2) is 5.82 Å². The number of aryl methyl sites for hydroxylation is 1. The number of rotatable bonds is 1. The molecule has 2 aromatic heterocycles. The first-order valence-electron chi connectivity index (χ1n) is 5.27. The van der Waals surface area contributed by atoms with Crippen LogP contribution in [0.2, 0.25) is 0 Å². The average molecular weight is 335 g/mol. The fourth-order valence-electron chi connectivity index (χ4n) is 1.93. The quantitative estimate of drug-likeness (QED) is 0.639. The van der Waals surface area contributed by atoms with Crippen LogP contribution >= 0.6 is 22.6 Å². The van der Waals surface area contributed by atoms with Crippen LogP contribution in [0.25, 0.3) is 22.3 Å². The van der Waals surface area contributed by atoms with Crippen molar-refractivity contribution in [2.75, 3.05) is 0 Å². The fourth-order valence-corrected chi connectivity index (χ4v) is 2.78. The molecule has 0 aliphatic heterocycles.